The summed E-state index contributed by atoms with van der Waals surface area (Å²) >= 11 is 0. The number of hydrogen-bond donors (Lipinski definition) is 0. The van der Waals surface area contributed by atoms with Gasteiger partial charge in [0.15, 0.2) is 17.3 Å². The zero-order valence-electron chi connectivity index (χ0n) is 16.3. The first-order valence-corrected chi connectivity index (χ1v) is 8.88. The van der Waals surface area contributed by atoms with E-state index >= 15 is 0 Å². The van der Waals surface area contributed by atoms with E-state index in [1.54, 1.807) is 18.2 Å². The largest absolute Gasteiger partial charge is 0.494 e. The molecule has 5 heteroatoms. The number of ketones is 1. The number of hydrogen-bond acceptors (Lipinski definition) is 5. The number of ether oxygens (including phenoxy) is 4. The molecule has 2 rings (SSSR count). The minimum Gasteiger partial charge on any atom is -0.494 e. The fraction of sp³-hybridized carbons (Fsp3) is 0.318. The van der Waals surface area contributed by atoms with Gasteiger partial charge in [0.05, 0.1) is 27.9 Å². The number of benzene rings is 2. The van der Waals surface area contributed by atoms with Crippen LogP contribution in [0.3, 0.4) is 0 Å². The van der Waals surface area contributed by atoms with E-state index in [0.717, 1.165) is 24.2 Å². The second-order valence-corrected chi connectivity index (χ2v) is 5.88. The monoisotopic (exact) mass is 370 g/mol. The Hall–Kier alpha value is -2.95. The number of unbranched alkanes of at least 4 members (excludes halogenated alkanes) is 1. The molecule has 0 amide bonds. The molecule has 0 aliphatic heterocycles. The van der Waals surface area contributed by atoms with Crippen molar-refractivity contribution < 1.29 is 23.7 Å². The van der Waals surface area contributed by atoms with E-state index in [1.165, 1.54) is 27.4 Å². The first-order chi connectivity index (χ1) is 13.1. The van der Waals surface area contributed by atoms with E-state index in [0.29, 0.717) is 29.4 Å². The van der Waals surface area contributed by atoms with Gasteiger partial charge in [0.25, 0.3) is 0 Å². The van der Waals surface area contributed by atoms with Gasteiger partial charge in [-0.25, -0.2) is 0 Å². The van der Waals surface area contributed by atoms with Crippen molar-refractivity contribution in [2.45, 2.75) is 19.8 Å². The van der Waals surface area contributed by atoms with Crippen LogP contribution in [0, 0.1) is 0 Å². The second kappa shape index (κ2) is 10.3. The molecule has 0 fully saturated rings. The average Bonchev–Trinajstić information content (AvgIpc) is 2.71. The summed E-state index contributed by atoms with van der Waals surface area (Å²) < 4.78 is 21.5. The van der Waals surface area contributed by atoms with Crippen LogP contribution in [0.25, 0.3) is 6.08 Å². The van der Waals surface area contributed by atoms with Gasteiger partial charge in [0, 0.05) is 5.56 Å². The van der Waals surface area contributed by atoms with Crippen molar-refractivity contribution in [2.75, 3.05) is 27.9 Å². The van der Waals surface area contributed by atoms with Gasteiger partial charge < -0.3 is 18.9 Å². The number of carbonyl (C=O) groups excluding carboxylic acids is 1. The van der Waals surface area contributed by atoms with Crippen LogP contribution in [0.15, 0.2) is 42.5 Å². The average molecular weight is 370 g/mol. The summed E-state index contributed by atoms with van der Waals surface area (Å²) in [6.45, 7) is 2.84. The van der Waals surface area contributed by atoms with Crippen LogP contribution in [0.1, 0.15) is 35.7 Å². The highest BCUT2D eigenvalue weighted by Gasteiger charge is 2.15. The topological polar surface area (TPSA) is 54.0 Å². The normalized spacial score (nSPS) is 10.7. The van der Waals surface area contributed by atoms with Gasteiger partial charge in [-0.15, -0.1) is 0 Å². The number of methoxy groups -OCH3 is 3. The summed E-state index contributed by atoms with van der Waals surface area (Å²) in [6.07, 6.45) is 5.42. The number of rotatable bonds is 10. The molecule has 0 radical (unpaired) electrons. The second-order valence-electron chi connectivity index (χ2n) is 5.88. The van der Waals surface area contributed by atoms with E-state index in [1.807, 2.05) is 24.3 Å². The summed E-state index contributed by atoms with van der Waals surface area (Å²) in [5.74, 6) is 2.03. The number of carbonyl (C=O) groups is 1. The van der Waals surface area contributed by atoms with Crippen LogP contribution in [0.5, 0.6) is 23.0 Å². The van der Waals surface area contributed by atoms with Gasteiger partial charge >= 0.3 is 0 Å². The first-order valence-electron chi connectivity index (χ1n) is 8.88. The van der Waals surface area contributed by atoms with Crippen molar-refractivity contribution in [3.8, 4) is 23.0 Å². The quantitative estimate of drug-likeness (QED) is 0.342. The summed E-state index contributed by atoms with van der Waals surface area (Å²) in [4.78, 5) is 12.5. The van der Waals surface area contributed by atoms with E-state index in [-0.39, 0.29) is 5.78 Å². The Kier molecular flexibility index (Phi) is 7.74. The van der Waals surface area contributed by atoms with Crippen molar-refractivity contribution in [1.82, 2.24) is 0 Å². The molecule has 0 aliphatic carbocycles. The minimum absolute atomic E-state index is 0.155. The Morgan fingerprint density at radius 2 is 1.59 bits per heavy atom. The van der Waals surface area contributed by atoms with Crippen LogP contribution >= 0.6 is 0 Å². The maximum atomic E-state index is 12.5. The van der Waals surface area contributed by atoms with Crippen LogP contribution in [-0.2, 0) is 0 Å². The molecule has 0 saturated heterocycles. The fourth-order valence-electron chi connectivity index (χ4n) is 2.50. The zero-order chi connectivity index (χ0) is 19.6. The van der Waals surface area contributed by atoms with Gasteiger partial charge in [0.1, 0.15) is 5.75 Å². The molecule has 2 aromatic carbocycles. The molecule has 2 aromatic rings. The summed E-state index contributed by atoms with van der Waals surface area (Å²) in [5.41, 5.74) is 1.37. The third kappa shape index (κ3) is 5.51. The van der Waals surface area contributed by atoms with Crippen LogP contribution < -0.4 is 18.9 Å². The highest BCUT2D eigenvalue weighted by Crippen LogP contribution is 2.38. The minimum atomic E-state index is -0.155. The molecule has 0 N–H and O–H groups in total. The maximum Gasteiger partial charge on any atom is 0.203 e. The molecule has 27 heavy (non-hydrogen) atoms. The highest BCUT2D eigenvalue weighted by molar-refractivity contribution is 6.07. The molecular weight excluding hydrogens is 344 g/mol. The lowest BCUT2D eigenvalue weighted by Crippen LogP contribution is -2.00. The molecule has 0 spiro atoms. The summed E-state index contributed by atoms with van der Waals surface area (Å²) in [7, 11) is 4.56. The van der Waals surface area contributed by atoms with Crippen molar-refractivity contribution >= 4 is 11.9 Å². The summed E-state index contributed by atoms with van der Waals surface area (Å²) in [5, 5.41) is 0. The van der Waals surface area contributed by atoms with Gasteiger partial charge in [-0.3, -0.25) is 4.79 Å². The molecular formula is C22H26O5. The van der Waals surface area contributed by atoms with E-state index in [4.69, 9.17) is 18.9 Å². The Labute approximate surface area is 160 Å². The molecule has 0 saturated carbocycles. The van der Waals surface area contributed by atoms with Crippen LogP contribution in [0.4, 0.5) is 0 Å². The van der Waals surface area contributed by atoms with Crippen LogP contribution in [0.2, 0.25) is 0 Å². The lowest BCUT2D eigenvalue weighted by atomic mass is 10.1. The van der Waals surface area contributed by atoms with E-state index < -0.39 is 0 Å². The highest BCUT2D eigenvalue weighted by atomic mass is 16.5. The third-order valence-corrected chi connectivity index (χ3v) is 4.02. The third-order valence-electron chi connectivity index (χ3n) is 4.02. The molecule has 0 unspecified atom stereocenters. The standard InChI is InChI=1S/C22H26O5/c1-5-6-13-27-18-10-7-16(8-11-18)9-12-19(23)17-14-20(24-2)22(26-4)21(15-17)25-3/h7-12,14-15H,5-6,13H2,1-4H3. The molecule has 0 aromatic heterocycles. The number of allylic oxidation sites excluding steroid dienone is 1. The smallest absolute Gasteiger partial charge is 0.203 e. The van der Waals surface area contributed by atoms with Crippen molar-refractivity contribution in [3.63, 3.8) is 0 Å². The maximum absolute atomic E-state index is 12.5. The van der Waals surface area contributed by atoms with Crippen molar-refractivity contribution in [2.24, 2.45) is 0 Å². The molecule has 0 heterocycles. The molecule has 144 valence electrons. The zero-order valence-corrected chi connectivity index (χ0v) is 16.3. The van der Waals surface area contributed by atoms with Gasteiger partial charge in [-0.2, -0.15) is 0 Å². The van der Waals surface area contributed by atoms with Gasteiger partial charge in [0.2, 0.25) is 5.75 Å². The van der Waals surface area contributed by atoms with Gasteiger partial charge in [-0.1, -0.05) is 31.6 Å². The summed E-state index contributed by atoms with van der Waals surface area (Å²) in [6, 6.07) is 10.9. The lowest BCUT2D eigenvalue weighted by molar-refractivity contribution is 0.104. The Morgan fingerprint density at radius 3 is 2.11 bits per heavy atom. The van der Waals surface area contributed by atoms with E-state index in [9.17, 15) is 4.79 Å². The Morgan fingerprint density at radius 1 is 0.963 bits per heavy atom. The van der Waals surface area contributed by atoms with Crippen molar-refractivity contribution in [3.05, 3.63) is 53.6 Å². The predicted octanol–water partition coefficient (Wildman–Crippen LogP) is 4.79. The fourth-order valence-corrected chi connectivity index (χ4v) is 2.50. The SMILES string of the molecule is CCCCOc1ccc(C=CC(=O)c2cc(OC)c(OC)c(OC)c2)cc1. The Bertz CT molecular complexity index is 753. The molecule has 5 nitrogen and oxygen atoms in total. The Balaban J connectivity index is 2.12. The van der Waals surface area contributed by atoms with Crippen molar-refractivity contribution in [1.29, 1.82) is 0 Å². The predicted molar refractivity (Wildman–Crippen MR) is 106 cm³/mol. The molecule has 0 atom stereocenters. The molecule has 0 aliphatic rings. The first kappa shape index (κ1) is 20.4. The molecule has 0 bridgehead atoms. The van der Waals surface area contributed by atoms with E-state index in [2.05, 4.69) is 6.92 Å². The van der Waals surface area contributed by atoms with Crippen LogP contribution in [-0.4, -0.2) is 33.7 Å². The van der Waals surface area contributed by atoms with Gasteiger partial charge in [-0.05, 0) is 42.3 Å². The lowest BCUT2D eigenvalue weighted by Gasteiger charge is -2.13.